The molecular weight excluding hydrogens is 796 g/mol. The van der Waals surface area contributed by atoms with Crippen LogP contribution in [0.1, 0.15) is 26.2 Å². The molecule has 0 aliphatic carbocycles. The molecule has 3 atom stereocenters. The minimum atomic E-state index is -1.12. The van der Waals surface area contributed by atoms with Gasteiger partial charge in [0.1, 0.15) is 6.04 Å². The van der Waals surface area contributed by atoms with E-state index in [0.29, 0.717) is 57.0 Å². The SMILES string of the molecule is CSCC[C@H](NC[C@@H]1CCCN1C(=O)CN1CCN2CC(=O)O[C-]2CN2CC(=O)O[C-]2CN2CC(=O)O[C-]2C1)C(=O)N[C@@H](C)C(=O)O.[Gd]. The second kappa shape index (κ2) is 18.0. The van der Waals surface area contributed by atoms with Crippen molar-refractivity contribution in [3.05, 3.63) is 18.7 Å². The summed E-state index contributed by atoms with van der Waals surface area (Å²) in [6.07, 6.45) is 5.01. The molecule has 19 heteroatoms. The molecule has 0 spiro atoms. The van der Waals surface area contributed by atoms with Crippen molar-refractivity contribution in [1.82, 2.24) is 35.1 Å². The maximum Gasteiger partial charge on any atom is 0.325 e. The number of carbonyl (C=O) groups excluding carboxylic acids is 5. The zero-order valence-corrected chi connectivity index (χ0v) is 30.0. The van der Waals surface area contributed by atoms with Gasteiger partial charge in [0.25, 0.3) is 17.9 Å². The number of carbonyl (C=O) groups is 6. The molecule has 2 amide bonds. The van der Waals surface area contributed by atoms with Crippen LogP contribution in [-0.4, -0.2) is 167 Å². The van der Waals surface area contributed by atoms with Crippen LogP contribution in [0.15, 0.2) is 0 Å². The first kappa shape index (κ1) is 39.1. The van der Waals surface area contributed by atoms with Crippen LogP contribution in [0.25, 0.3) is 0 Å². The predicted molar refractivity (Wildman–Crippen MR) is 164 cm³/mol. The summed E-state index contributed by atoms with van der Waals surface area (Å²) in [4.78, 5) is 83.5. The molecule has 0 bridgehead atoms. The summed E-state index contributed by atoms with van der Waals surface area (Å²) in [5.41, 5.74) is 0. The van der Waals surface area contributed by atoms with Gasteiger partial charge in [-0.25, -0.2) is 0 Å². The van der Waals surface area contributed by atoms with Gasteiger partial charge >= 0.3 is 5.97 Å². The summed E-state index contributed by atoms with van der Waals surface area (Å²) in [7, 11) is 0. The average Bonchev–Trinajstić information content (AvgIpc) is 3.78. The normalized spacial score (nSPS) is 25.1. The number of esters is 3. The first-order valence-corrected chi connectivity index (χ1v) is 17.1. The Morgan fingerprint density at radius 2 is 1.50 bits per heavy atom. The number of amides is 2. The summed E-state index contributed by atoms with van der Waals surface area (Å²) in [5.74, 6) is -2.27. The van der Waals surface area contributed by atoms with Crippen molar-refractivity contribution in [3.8, 4) is 0 Å². The average molecular weight is 838 g/mol. The molecule has 5 fully saturated rings. The zero-order chi connectivity index (χ0) is 33.7. The number of nitrogens with zero attached hydrogens (tertiary/aromatic N) is 5. The minimum Gasteiger partial charge on any atom is -0.617 e. The van der Waals surface area contributed by atoms with Crippen molar-refractivity contribution >= 4 is 47.5 Å². The number of likely N-dealkylation sites (tertiary alicyclic amines) is 1. The van der Waals surface area contributed by atoms with Gasteiger partial charge in [0, 0.05) is 65.6 Å². The molecule has 5 heterocycles. The van der Waals surface area contributed by atoms with Gasteiger partial charge in [0.15, 0.2) is 0 Å². The topological polar surface area (TPSA) is 191 Å². The van der Waals surface area contributed by atoms with Gasteiger partial charge in [-0.1, -0.05) is 25.2 Å². The van der Waals surface area contributed by atoms with E-state index >= 15 is 0 Å². The van der Waals surface area contributed by atoms with E-state index in [-0.39, 0.29) is 97.7 Å². The molecule has 5 aliphatic rings. The van der Waals surface area contributed by atoms with Crippen LogP contribution < -0.4 is 10.6 Å². The number of carboxylic acids is 1. The third-order valence-corrected chi connectivity index (χ3v) is 9.37. The Balaban J connectivity index is 0.00000520. The molecule has 5 rings (SSSR count). The van der Waals surface area contributed by atoms with Crippen molar-refractivity contribution in [3.63, 3.8) is 0 Å². The maximum absolute atomic E-state index is 13.8. The standard InChI is InChI=1S/C29H42N7O10S.Gd/c1-18(29(42)43)31-28(41)20(5-9-47-2)30-10-19-4-3-6-36(19)21(37)11-32-7-8-33-15-25(38)45-23(33)13-35-17-27(40)46-24(35)14-34-16-26(39)44-22(34)12-32;/h18-20,30H,3-17H2,1-2H3,(H,31,41)(H,42,43);/q-3;/t18-,19-,20-;/m0./s1. The fourth-order valence-corrected chi connectivity index (χ4v) is 6.64. The van der Waals surface area contributed by atoms with Gasteiger partial charge in [-0.3, -0.25) is 28.8 Å². The van der Waals surface area contributed by atoms with Gasteiger partial charge in [0.05, 0.1) is 32.2 Å². The van der Waals surface area contributed by atoms with Crippen LogP contribution >= 0.6 is 11.8 Å². The fraction of sp³-hybridized carbons (Fsp3) is 0.690. The maximum atomic E-state index is 13.8. The van der Waals surface area contributed by atoms with E-state index in [1.54, 1.807) is 31.4 Å². The summed E-state index contributed by atoms with van der Waals surface area (Å²) < 4.78 is 16.5. The molecule has 48 heavy (non-hydrogen) atoms. The number of hydrogen-bond donors (Lipinski definition) is 3. The van der Waals surface area contributed by atoms with Crippen molar-refractivity contribution in [2.24, 2.45) is 0 Å². The molecule has 0 radical (unpaired) electrons. The number of nitrogens with one attached hydrogen (secondary N) is 2. The number of aliphatic carboxylic acids is 1. The molecule has 3 N–H and O–H groups in total. The summed E-state index contributed by atoms with van der Waals surface area (Å²) in [5, 5.41) is 15.0. The first-order chi connectivity index (χ1) is 22.5. The largest absolute Gasteiger partial charge is 0.617 e. The van der Waals surface area contributed by atoms with Gasteiger partial charge in [0.2, 0.25) is 11.8 Å². The second-order valence-corrected chi connectivity index (χ2v) is 13.1. The van der Waals surface area contributed by atoms with E-state index in [1.807, 2.05) is 11.2 Å². The Morgan fingerprint density at radius 3 is 2.10 bits per heavy atom. The van der Waals surface area contributed by atoms with Crippen molar-refractivity contribution < 1.29 is 88.0 Å². The quantitative estimate of drug-likeness (QED) is 0.114. The zero-order valence-electron chi connectivity index (χ0n) is 27.0. The molecule has 5 aliphatic heterocycles. The van der Waals surface area contributed by atoms with E-state index in [4.69, 9.17) is 14.2 Å². The Labute approximate surface area is 315 Å². The second-order valence-electron chi connectivity index (χ2n) is 12.1. The molecule has 270 valence electrons. The summed E-state index contributed by atoms with van der Waals surface area (Å²) >= 11 is 1.58. The van der Waals surface area contributed by atoms with Crippen molar-refractivity contribution in [1.29, 1.82) is 0 Å². The van der Waals surface area contributed by atoms with Crippen molar-refractivity contribution in [2.75, 3.05) is 84.0 Å². The number of hydrogen-bond acceptors (Lipinski definition) is 15. The Bertz CT molecular complexity index is 1220. The van der Waals surface area contributed by atoms with Crippen molar-refractivity contribution in [2.45, 2.75) is 44.3 Å². The van der Waals surface area contributed by atoms with Gasteiger partial charge in [-0.05, 0) is 44.7 Å². The molecular formula is C29H42GdN7O10S-3. The Morgan fingerprint density at radius 1 is 0.917 bits per heavy atom. The molecule has 0 aromatic heterocycles. The Hall–Kier alpha value is -1.71. The van der Waals surface area contributed by atoms with Crippen LogP contribution in [0, 0.1) is 58.6 Å². The number of thioether (sulfide) groups is 1. The van der Waals surface area contributed by atoms with E-state index in [0.717, 1.165) is 12.8 Å². The van der Waals surface area contributed by atoms with Gasteiger partial charge in [-0.2, -0.15) is 11.8 Å². The summed E-state index contributed by atoms with van der Waals surface area (Å²) in [6.45, 7) is 3.35. The third-order valence-electron chi connectivity index (χ3n) is 8.72. The molecule has 17 nitrogen and oxygen atoms in total. The van der Waals surface area contributed by atoms with Crippen LogP contribution in [0.4, 0.5) is 0 Å². The molecule has 5 saturated heterocycles. The molecule has 0 aromatic carbocycles. The van der Waals surface area contributed by atoms with E-state index in [1.165, 1.54) is 6.92 Å². The first-order valence-electron chi connectivity index (χ1n) is 15.7. The van der Waals surface area contributed by atoms with E-state index in [9.17, 15) is 33.9 Å². The monoisotopic (exact) mass is 838 g/mol. The van der Waals surface area contributed by atoms with Crippen LogP contribution in [0.3, 0.4) is 0 Å². The predicted octanol–water partition coefficient (Wildman–Crippen LogP) is -2.36. The third kappa shape index (κ3) is 10.2. The van der Waals surface area contributed by atoms with Crippen LogP contribution in [-0.2, 0) is 43.0 Å². The number of carboxylic acid groups (broad SMARTS) is 1. The molecule has 0 aromatic rings. The number of rotatable bonds is 11. The fourth-order valence-electron chi connectivity index (χ4n) is 6.17. The van der Waals surface area contributed by atoms with Gasteiger partial charge < -0.3 is 54.5 Å². The molecule has 0 unspecified atom stereocenters. The van der Waals surface area contributed by atoms with Gasteiger partial charge in [-0.15, -0.1) is 13.1 Å². The summed E-state index contributed by atoms with van der Waals surface area (Å²) in [6, 6.07) is -1.81. The smallest absolute Gasteiger partial charge is 0.325 e. The van der Waals surface area contributed by atoms with Crippen LogP contribution in [0.5, 0.6) is 0 Å². The minimum absolute atomic E-state index is 0. The Kier molecular flexibility index (Phi) is 14.6. The van der Waals surface area contributed by atoms with E-state index in [2.05, 4.69) is 10.6 Å². The van der Waals surface area contributed by atoms with Crippen LogP contribution in [0.2, 0.25) is 0 Å². The van der Waals surface area contributed by atoms with E-state index < -0.39 is 41.9 Å². The number of fused-ring (bicyclic) bond motifs is 3. The molecule has 0 saturated carbocycles. The number of ether oxygens (including phenoxy) is 3.